The number of rotatable bonds is 47. The molecule has 0 bridgehead atoms. The Morgan fingerprint density at radius 1 is 0.348 bits per heavy atom. The molecule has 0 heterocycles. The summed E-state index contributed by atoms with van der Waals surface area (Å²) in [4.78, 5) is 25.4. The number of carbonyl (C=O) groups is 2. The Labute approximate surface area is 407 Å². The van der Waals surface area contributed by atoms with Crippen molar-refractivity contribution in [3.8, 4) is 0 Å². The van der Waals surface area contributed by atoms with Crippen LogP contribution in [0, 0.1) is 0 Å². The maximum absolute atomic E-state index is 12.8. The summed E-state index contributed by atoms with van der Waals surface area (Å²) >= 11 is 0. The lowest BCUT2D eigenvalue weighted by atomic mass is 10.1. The third-order valence-corrected chi connectivity index (χ3v) is 10.7. The van der Waals surface area contributed by atoms with Gasteiger partial charge in [0.2, 0.25) is 0 Å². The highest BCUT2D eigenvalue weighted by Gasteiger charge is 2.17. The van der Waals surface area contributed by atoms with Gasteiger partial charge in [0.1, 0.15) is 6.61 Å². The molecule has 0 spiro atoms. The fourth-order valence-electron chi connectivity index (χ4n) is 6.78. The topological polar surface area (TPSA) is 61.8 Å². The quantitative estimate of drug-likeness (QED) is 0.0346. The molecule has 0 aliphatic heterocycles. The van der Waals surface area contributed by atoms with Gasteiger partial charge in [-0.25, -0.2) is 0 Å². The molecule has 0 N–H and O–H groups in total. The molecule has 0 saturated heterocycles. The van der Waals surface area contributed by atoms with E-state index >= 15 is 0 Å². The highest BCUT2D eigenvalue weighted by molar-refractivity contribution is 5.70. The average molecular weight is 911 g/mol. The van der Waals surface area contributed by atoms with E-state index in [1.807, 2.05) is 0 Å². The first kappa shape index (κ1) is 62.0. The Kier molecular flexibility index (Phi) is 52.0. The van der Waals surface area contributed by atoms with Gasteiger partial charge in [0.25, 0.3) is 0 Å². The Morgan fingerprint density at radius 3 is 1.15 bits per heavy atom. The minimum Gasteiger partial charge on any atom is -0.462 e. The highest BCUT2D eigenvalue weighted by atomic mass is 16.6. The molecule has 0 amide bonds. The number of hydrogen-bond donors (Lipinski definition) is 0. The Balaban J connectivity index is 4.50. The maximum atomic E-state index is 12.8. The number of ether oxygens (including phenoxy) is 3. The maximum Gasteiger partial charge on any atom is 0.306 e. The van der Waals surface area contributed by atoms with Gasteiger partial charge in [-0.1, -0.05) is 219 Å². The SMILES string of the molecule is CC/C=C\C/C=C\C/C=C\C/C=C\C/C=C\CCCC(=O)OCC(COCC/C=C\C/C=C\C/C=C\C/C=C\C/C=C\CC)OC(=O)CCCCCCCCC/C=C\CCCCCCCC. The Morgan fingerprint density at radius 2 is 0.697 bits per heavy atom. The van der Waals surface area contributed by atoms with Crippen LogP contribution >= 0.6 is 0 Å². The van der Waals surface area contributed by atoms with Gasteiger partial charge in [-0.3, -0.25) is 9.59 Å². The van der Waals surface area contributed by atoms with Gasteiger partial charge in [0.15, 0.2) is 6.10 Å². The summed E-state index contributed by atoms with van der Waals surface area (Å²) in [6.07, 6.45) is 79.2. The summed E-state index contributed by atoms with van der Waals surface area (Å²) in [6.45, 7) is 7.31. The summed E-state index contributed by atoms with van der Waals surface area (Å²) < 4.78 is 17.3. The summed E-state index contributed by atoms with van der Waals surface area (Å²) in [7, 11) is 0. The van der Waals surface area contributed by atoms with Crippen LogP contribution in [-0.2, 0) is 23.8 Å². The lowest BCUT2D eigenvalue weighted by molar-refractivity contribution is -0.162. The smallest absolute Gasteiger partial charge is 0.306 e. The number of esters is 2. The second-order valence-electron chi connectivity index (χ2n) is 17.0. The van der Waals surface area contributed by atoms with Crippen molar-refractivity contribution >= 4 is 11.9 Å². The van der Waals surface area contributed by atoms with Crippen LogP contribution in [0.1, 0.15) is 213 Å². The normalized spacial score (nSPS) is 13.3. The second kappa shape index (κ2) is 55.4. The van der Waals surface area contributed by atoms with Crippen molar-refractivity contribution in [3.05, 3.63) is 134 Å². The number of hydrogen-bond acceptors (Lipinski definition) is 5. The third-order valence-electron chi connectivity index (χ3n) is 10.7. The van der Waals surface area contributed by atoms with Crippen LogP contribution in [0.25, 0.3) is 0 Å². The number of allylic oxidation sites excluding steroid dienone is 21. The lowest BCUT2D eigenvalue weighted by Gasteiger charge is -2.18. The largest absolute Gasteiger partial charge is 0.462 e. The fraction of sp³-hybridized carbons (Fsp3) is 0.607. The van der Waals surface area contributed by atoms with Crippen LogP contribution < -0.4 is 0 Å². The summed E-state index contributed by atoms with van der Waals surface area (Å²) in [5.74, 6) is -0.519. The molecule has 372 valence electrons. The minimum atomic E-state index is -0.611. The molecule has 1 unspecified atom stereocenters. The molecule has 0 aromatic rings. The molecule has 1 atom stereocenters. The predicted octanol–water partition coefficient (Wildman–Crippen LogP) is 18.3. The van der Waals surface area contributed by atoms with Crippen LogP contribution in [0.15, 0.2) is 134 Å². The highest BCUT2D eigenvalue weighted by Crippen LogP contribution is 2.13. The van der Waals surface area contributed by atoms with E-state index in [1.54, 1.807) is 0 Å². The standard InChI is InChI=1S/C61H98O5/c1-4-7-10-13-16-19-22-25-28-31-33-36-39-42-45-48-51-54-60(62)65-58-59(57-64-56-53-50-47-44-41-38-35-30-27-24-21-18-15-12-9-6-3)66-61(63)55-52-49-46-43-40-37-34-32-29-26-23-20-17-14-11-8-5-2/h7,9-10,12,16,18-19,21,25-30,33,36,38,41-42,45,47,50,59H,4-6,8,11,13-15,17,20,22-24,31-32,34-35,37,39-40,43-44,46,48-49,51-58H2,1-3H3/b10-7-,12-9-,19-16-,21-18-,28-25-,29-26-,30-27-,36-33-,41-38-,45-42-,50-47-. The van der Waals surface area contributed by atoms with Crippen LogP contribution in [0.4, 0.5) is 0 Å². The van der Waals surface area contributed by atoms with Crippen molar-refractivity contribution in [3.63, 3.8) is 0 Å². The van der Waals surface area contributed by atoms with E-state index in [-0.39, 0.29) is 25.2 Å². The van der Waals surface area contributed by atoms with Gasteiger partial charge < -0.3 is 14.2 Å². The predicted molar refractivity (Wildman–Crippen MR) is 288 cm³/mol. The van der Waals surface area contributed by atoms with E-state index in [4.69, 9.17) is 14.2 Å². The zero-order chi connectivity index (χ0) is 47.7. The molecule has 0 aromatic heterocycles. The molecule has 0 radical (unpaired) electrons. The van der Waals surface area contributed by atoms with E-state index in [0.717, 1.165) is 96.3 Å². The first-order valence-corrected chi connectivity index (χ1v) is 26.7. The average Bonchev–Trinajstić information content (AvgIpc) is 3.32. The van der Waals surface area contributed by atoms with E-state index in [0.29, 0.717) is 25.9 Å². The zero-order valence-corrected chi connectivity index (χ0v) is 42.7. The molecule has 5 heteroatoms. The van der Waals surface area contributed by atoms with Crippen molar-refractivity contribution in [2.75, 3.05) is 19.8 Å². The van der Waals surface area contributed by atoms with Gasteiger partial charge in [-0.05, 0) is 116 Å². The molecule has 0 aromatic carbocycles. The summed E-state index contributed by atoms with van der Waals surface area (Å²) in [5, 5.41) is 0. The van der Waals surface area contributed by atoms with E-state index in [2.05, 4.69) is 154 Å². The van der Waals surface area contributed by atoms with Crippen molar-refractivity contribution in [1.29, 1.82) is 0 Å². The molecule has 0 aliphatic rings. The van der Waals surface area contributed by atoms with Gasteiger partial charge >= 0.3 is 11.9 Å². The van der Waals surface area contributed by atoms with Crippen LogP contribution in [-0.4, -0.2) is 37.9 Å². The van der Waals surface area contributed by atoms with E-state index < -0.39 is 6.10 Å². The molecule has 0 fully saturated rings. The molecular weight excluding hydrogens is 813 g/mol. The van der Waals surface area contributed by atoms with E-state index in [1.165, 1.54) is 77.0 Å². The minimum absolute atomic E-state index is 0.0160. The van der Waals surface area contributed by atoms with Gasteiger partial charge in [0, 0.05) is 12.8 Å². The zero-order valence-electron chi connectivity index (χ0n) is 42.7. The van der Waals surface area contributed by atoms with Crippen LogP contribution in [0.5, 0.6) is 0 Å². The third kappa shape index (κ3) is 52.7. The molecular formula is C61H98O5. The first-order valence-electron chi connectivity index (χ1n) is 26.7. The van der Waals surface area contributed by atoms with E-state index in [9.17, 15) is 9.59 Å². The van der Waals surface area contributed by atoms with Crippen molar-refractivity contribution < 1.29 is 23.8 Å². The number of carbonyl (C=O) groups excluding carboxylic acids is 2. The Hall–Kier alpha value is -3.96. The van der Waals surface area contributed by atoms with Gasteiger partial charge in [-0.2, -0.15) is 0 Å². The monoisotopic (exact) mass is 911 g/mol. The molecule has 0 rings (SSSR count). The second-order valence-corrected chi connectivity index (χ2v) is 17.0. The molecule has 0 saturated carbocycles. The fourth-order valence-corrected chi connectivity index (χ4v) is 6.78. The molecule has 66 heavy (non-hydrogen) atoms. The van der Waals surface area contributed by atoms with Crippen LogP contribution in [0.2, 0.25) is 0 Å². The molecule has 0 aliphatic carbocycles. The number of unbranched alkanes of at least 4 members (excludes halogenated alkanes) is 14. The van der Waals surface area contributed by atoms with Crippen molar-refractivity contribution in [2.24, 2.45) is 0 Å². The Bertz CT molecular complexity index is 1400. The van der Waals surface area contributed by atoms with Crippen molar-refractivity contribution in [2.45, 2.75) is 219 Å². The lowest BCUT2D eigenvalue weighted by Crippen LogP contribution is -2.30. The summed E-state index contributed by atoms with van der Waals surface area (Å²) in [6, 6.07) is 0. The van der Waals surface area contributed by atoms with Crippen LogP contribution in [0.3, 0.4) is 0 Å². The van der Waals surface area contributed by atoms with Crippen molar-refractivity contribution in [1.82, 2.24) is 0 Å². The summed E-state index contributed by atoms with van der Waals surface area (Å²) in [5.41, 5.74) is 0. The van der Waals surface area contributed by atoms with Gasteiger partial charge in [0.05, 0.1) is 13.2 Å². The first-order chi connectivity index (χ1) is 32.6. The van der Waals surface area contributed by atoms with Gasteiger partial charge in [-0.15, -0.1) is 0 Å². The molecule has 5 nitrogen and oxygen atoms in total.